The van der Waals surface area contributed by atoms with Gasteiger partial charge in [-0.3, -0.25) is 9.69 Å². The molecular formula is C14H21ClN4O2. The van der Waals surface area contributed by atoms with Crippen molar-refractivity contribution in [2.45, 2.75) is 44.2 Å². The Bertz CT molecular complexity index is 512. The van der Waals surface area contributed by atoms with Gasteiger partial charge in [0, 0.05) is 20.1 Å². The SMILES string of the molecule is CN(C)c1cnc(Cl)nc1N(C=O)C1CCC(C)(O)CC1. The second kappa shape index (κ2) is 6.15. The van der Waals surface area contributed by atoms with E-state index in [9.17, 15) is 9.90 Å². The van der Waals surface area contributed by atoms with Crippen LogP contribution in [0, 0.1) is 0 Å². The fourth-order valence-corrected chi connectivity index (χ4v) is 2.79. The molecular weight excluding hydrogens is 292 g/mol. The van der Waals surface area contributed by atoms with Gasteiger partial charge in [0.2, 0.25) is 11.7 Å². The number of rotatable bonds is 4. The van der Waals surface area contributed by atoms with E-state index in [0.29, 0.717) is 18.7 Å². The summed E-state index contributed by atoms with van der Waals surface area (Å²) < 4.78 is 0. The minimum absolute atomic E-state index is 0.0207. The van der Waals surface area contributed by atoms with E-state index >= 15 is 0 Å². The van der Waals surface area contributed by atoms with Gasteiger partial charge in [-0.15, -0.1) is 0 Å². The van der Waals surface area contributed by atoms with Gasteiger partial charge in [0.25, 0.3) is 0 Å². The number of hydrogen-bond acceptors (Lipinski definition) is 5. The predicted molar refractivity (Wildman–Crippen MR) is 82.8 cm³/mol. The molecule has 0 aliphatic heterocycles. The molecule has 0 atom stereocenters. The first-order valence-electron chi connectivity index (χ1n) is 7.00. The fourth-order valence-electron chi connectivity index (χ4n) is 2.66. The van der Waals surface area contributed by atoms with Gasteiger partial charge in [-0.1, -0.05) is 0 Å². The van der Waals surface area contributed by atoms with Crippen LogP contribution in [0.15, 0.2) is 6.20 Å². The van der Waals surface area contributed by atoms with Crippen LogP contribution >= 0.6 is 11.6 Å². The lowest BCUT2D eigenvalue weighted by Crippen LogP contribution is -2.42. The maximum atomic E-state index is 11.6. The standard InChI is InChI=1S/C14H21ClN4O2/c1-14(21)6-4-10(5-7-14)19(9-20)12-11(18(2)3)8-16-13(15)17-12/h8-10,21H,4-7H2,1-3H3. The van der Waals surface area contributed by atoms with Gasteiger partial charge in [-0.05, 0) is 44.2 Å². The van der Waals surface area contributed by atoms with Crippen LogP contribution in [-0.2, 0) is 4.79 Å². The number of hydrogen-bond donors (Lipinski definition) is 1. The molecule has 116 valence electrons. The predicted octanol–water partition coefficient (Wildman–Crippen LogP) is 1.85. The molecule has 1 aliphatic carbocycles. The minimum atomic E-state index is -0.640. The summed E-state index contributed by atoms with van der Waals surface area (Å²) in [5, 5.41) is 10.2. The van der Waals surface area contributed by atoms with Gasteiger partial charge in [0.05, 0.1) is 17.5 Å². The summed E-state index contributed by atoms with van der Waals surface area (Å²) in [4.78, 5) is 23.2. The maximum Gasteiger partial charge on any atom is 0.224 e. The first-order chi connectivity index (χ1) is 9.84. The average molecular weight is 313 g/mol. The van der Waals surface area contributed by atoms with Crippen molar-refractivity contribution in [2.24, 2.45) is 0 Å². The van der Waals surface area contributed by atoms with Crippen LogP contribution in [0.2, 0.25) is 5.28 Å². The molecule has 0 aromatic carbocycles. The lowest BCUT2D eigenvalue weighted by atomic mass is 9.83. The number of aromatic nitrogens is 2. The Labute approximate surface area is 129 Å². The van der Waals surface area contributed by atoms with Gasteiger partial charge >= 0.3 is 0 Å². The second-order valence-electron chi connectivity index (χ2n) is 5.98. The molecule has 0 bridgehead atoms. The summed E-state index contributed by atoms with van der Waals surface area (Å²) >= 11 is 5.88. The zero-order valence-corrected chi connectivity index (χ0v) is 13.3. The molecule has 2 rings (SSSR count). The topological polar surface area (TPSA) is 69.6 Å². The largest absolute Gasteiger partial charge is 0.390 e. The van der Waals surface area contributed by atoms with Crippen molar-refractivity contribution in [3.63, 3.8) is 0 Å². The zero-order valence-electron chi connectivity index (χ0n) is 12.6. The van der Waals surface area contributed by atoms with Crippen molar-refractivity contribution in [2.75, 3.05) is 23.9 Å². The van der Waals surface area contributed by atoms with Crippen LogP contribution in [0.4, 0.5) is 11.5 Å². The summed E-state index contributed by atoms with van der Waals surface area (Å²) in [6.45, 7) is 1.83. The number of carbonyl (C=O) groups is 1. The molecule has 1 aromatic heterocycles. The zero-order chi connectivity index (χ0) is 15.6. The van der Waals surface area contributed by atoms with Gasteiger partial charge in [0.1, 0.15) is 0 Å². The average Bonchev–Trinajstić information content (AvgIpc) is 2.41. The fraction of sp³-hybridized carbons (Fsp3) is 0.643. The van der Waals surface area contributed by atoms with E-state index in [1.54, 1.807) is 11.1 Å². The molecule has 21 heavy (non-hydrogen) atoms. The highest BCUT2D eigenvalue weighted by molar-refractivity contribution is 6.28. The molecule has 6 nitrogen and oxygen atoms in total. The van der Waals surface area contributed by atoms with Gasteiger partial charge in [-0.2, -0.15) is 4.98 Å². The molecule has 7 heteroatoms. The van der Waals surface area contributed by atoms with Crippen LogP contribution in [0.1, 0.15) is 32.6 Å². The van der Waals surface area contributed by atoms with Gasteiger partial charge in [-0.25, -0.2) is 4.98 Å². The number of anilines is 2. The van der Waals surface area contributed by atoms with Crippen LogP contribution in [0.25, 0.3) is 0 Å². The third-order valence-corrected chi connectivity index (χ3v) is 4.17. The number of nitrogens with zero attached hydrogens (tertiary/aromatic N) is 4. The Morgan fingerprint density at radius 1 is 1.43 bits per heavy atom. The van der Waals surface area contributed by atoms with Crippen molar-refractivity contribution < 1.29 is 9.90 Å². The first-order valence-corrected chi connectivity index (χ1v) is 7.38. The van der Waals surface area contributed by atoms with E-state index in [1.165, 1.54) is 0 Å². The molecule has 1 N–H and O–H groups in total. The van der Waals surface area contributed by atoms with E-state index in [1.807, 2.05) is 25.9 Å². The third kappa shape index (κ3) is 3.63. The van der Waals surface area contributed by atoms with E-state index in [4.69, 9.17) is 11.6 Å². The van der Waals surface area contributed by atoms with Crippen LogP contribution in [0.3, 0.4) is 0 Å². The van der Waals surface area contributed by atoms with Crippen molar-refractivity contribution in [3.05, 3.63) is 11.5 Å². The quantitative estimate of drug-likeness (QED) is 0.679. The van der Waals surface area contributed by atoms with Gasteiger partial charge in [0.15, 0.2) is 5.82 Å². The minimum Gasteiger partial charge on any atom is -0.390 e. The first kappa shape index (κ1) is 16.0. The summed E-state index contributed by atoms with van der Waals surface area (Å²) in [6.07, 6.45) is 5.20. The number of halogens is 1. The molecule has 1 fully saturated rings. The number of carbonyl (C=O) groups excluding carboxylic acids is 1. The van der Waals surface area contributed by atoms with Crippen LogP contribution < -0.4 is 9.80 Å². The molecule has 1 saturated carbocycles. The molecule has 0 saturated heterocycles. The Morgan fingerprint density at radius 3 is 2.57 bits per heavy atom. The maximum absolute atomic E-state index is 11.6. The van der Waals surface area contributed by atoms with Crippen LogP contribution in [-0.4, -0.2) is 47.2 Å². The van der Waals surface area contributed by atoms with Crippen molar-refractivity contribution in [1.82, 2.24) is 9.97 Å². The highest BCUT2D eigenvalue weighted by Crippen LogP contribution is 2.34. The molecule has 1 aliphatic rings. The third-order valence-electron chi connectivity index (χ3n) is 3.99. The molecule has 1 amide bonds. The van der Waals surface area contributed by atoms with E-state index in [-0.39, 0.29) is 11.3 Å². The van der Waals surface area contributed by atoms with Gasteiger partial charge < -0.3 is 10.0 Å². The number of aliphatic hydroxyl groups is 1. The summed E-state index contributed by atoms with van der Waals surface area (Å²) in [5.74, 6) is 0.515. The Balaban J connectivity index is 2.29. The normalized spacial score (nSPS) is 25.5. The highest BCUT2D eigenvalue weighted by atomic mass is 35.5. The van der Waals surface area contributed by atoms with E-state index in [0.717, 1.165) is 24.9 Å². The Kier molecular flexibility index (Phi) is 4.68. The second-order valence-corrected chi connectivity index (χ2v) is 6.32. The molecule has 0 unspecified atom stereocenters. The van der Waals surface area contributed by atoms with Crippen LogP contribution in [0.5, 0.6) is 0 Å². The van der Waals surface area contributed by atoms with E-state index < -0.39 is 5.60 Å². The number of amides is 1. The molecule has 1 aromatic rings. The Morgan fingerprint density at radius 2 is 2.05 bits per heavy atom. The highest BCUT2D eigenvalue weighted by Gasteiger charge is 2.33. The smallest absolute Gasteiger partial charge is 0.224 e. The summed E-state index contributed by atoms with van der Waals surface area (Å²) in [7, 11) is 3.73. The molecule has 0 radical (unpaired) electrons. The lowest BCUT2D eigenvalue weighted by molar-refractivity contribution is -0.108. The Hall–Kier alpha value is -1.40. The molecule has 1 heterocycles. The summed E-state index contributed by atoms with van der Waals surface area (Å²) in [6, 6.07) is 0.0207. The monoisotopic (exact) mass is 312 g/mol. The van der Waals surface area contributed by atoms with Crippen molar-refractivity contribution >= 4 is 29.5 Å². The van der Waals surface area contributed by atoms with Crippen molar-refractivity contribution in [3.8, 4) is 0 Å². The summed E-state index contributed by atoms with van der Waals surface area (Å²) in [5.41, 5.74) is 0.0995. The van der Waals surface area contributed by atoms with E-state index in [2.05, 4.69) is 9.97 Å². The van der Waals surface area contributed by atoms with Crippen molar-refractivity contribution in [1.29, 1.82) is 0 Å². The lowest BCUT2D eigenvalue weighted by Gasteiger charge is -2.38. The molecule has 0 spiro atoms.